The van der Waals surface area contributed by atoms with Crippen LogP contribution in [0.5, 0.6) is 11.5 Å². The summed E-state index contributed by atoms with van der Waals surface area (Å²) in [5, 5.41) is 0.507. The first-order valence-electron chi connectivity index (χ1n) is 9.50. The smallest absolute Gasteiger partial charge is 0.276 e. The normalized spacial score (nSPS) is 15.3. The molecule has 1 saturated heterocycles. The van der Waals surface area contributed by atoms with Crippen LogP contribution in [0.15, 0.2) is 51.0 Å². The molecule has 8 heteroatoms. The van der Waals surface area contributed by atoms with Crippen LogP contribution in [0.25, 0.3) is 6.08 Å². The molecule has 0 radical (unpaired) electrons. The fourth-order valence-electron chi connectivity index (χ4n) is 3.06. The fraction of sp³-hybridized carbons (Fsp3) is 0.273. The van der Waals surface area contributed by atoms with Crippen molar-refractivity contribution < 1.29 is 14.3 Å². The van der Waals surface area contributed by atoms with E-state index in [1.54, 1.807) is 16.8 Å². The highest BCUT2D eigenvalue weighted by atomic mass is 79.9. The summed E-state index contributed by atoms with van der Waals surface area (Å²) >= 11 is 12.4. The van der Waals surface area contributed by atoms with Crippen molar-refractivity contribution in [3.63, 3.8) is 0 Å². The van der Waals surface area contributed by atoms with Gasteiger partial charge in [-0.15, -0.1) is 0 Å². The molecular weight excluding hydrogens is 532 g/mol. The Labute approximate surface area is 198 Å². The van der Waals surface area contributed by atoms with Crippen molar-refractivity contribution in [1.82, 2.24) is 9.80 Å². The second-order valence-corrected chi connectivity index (χ2v) is 8.73. The van der Waals surface area contributed by atoms with E-state index in [1.165, 1.54) is 0 Å². The molecule has 1 aliphatic heterocycles. The van der Waals surface area contributed by atoms with E-state index >= 15 is 0 Å². The van der Waals surface area contributed by atoms with E-state index in [-0.39, 0.29) is 5.91 Å². The number of amides is 1. The number of rotatable bonds is 7. The summed E-state index contributed by atoms with van der Waals surface area (Å²) in [7, 11) is 1.80. The Balaban J connectivity index is 1.90. The van der Waals surface area contributed by atoms with Crippen molar-refractivity contribution in [2.75, 3.05) is 20.2 Å². The van der Waals surface area contributed by atoms with Gasteiger partial charge in [-0.05, 0) is 83.5 Å². The van der Waals surface area contributed by atoms with Crippen LogP contribution in [-0.4, -0.2) is 41.0 Å². The number of halogens is 2. The van der Waals surface area contributed by atoms with Gasteiger partial charge < -0.3 is 14.4 Å². The van der Waals surface area contributed by atoms with Gasteiger partial charge in [0.05, 0.1) is 11.1 Å². The molecule has 1 aliphatic rings. The minimum atomic E-state index is -0.102. The van der Waals surface area contributed by atoms with Gasteiger partial charge in [-0.1, -0.05) is 28.1 Å². The summed E-state index contributed by atoms with van der Waals surface area (Å²) in [5.74, 6) is 1.13. The van der Waals surface area contributed by atoms with Crippen molar-refractivity contribution in [2.24, 2.45) is 0 Å². The largest absolute Gasteiger partial charge is 0.490 e. The number of thiocarbonyl (C=S) groups is 1. The molecule has 0 aromatic heterocycles. The molecule has 0 bridgehead atoms. The van der Waals surface area contributed by atoms with E-state index < -0.39 is 0 Å². The fourth-order valence-corrected chi connectivity index (χ4v) is 4.21. The van der Waals surface area contributed by atoms with Crippen molar-refractivity contribution in [1.29, 1.82) is 0 Å². The lowest BCUT2D eigenvalue weighted by atomic mass is 10.1. The predicted octanol–water partition coefficient (Wildman–Crippen LogP) is 5.61. The lowest BCUT2D eigenvalue weighted by Crippen LogP contribution is -2.30. The Bertz CT molecular complexity index is 993. The highest BCUT2D eigenvalue weighted by Crippen LogP contribution is 2.38. The number of benzene rings is 2. The molecule has 2 aromatic rings. The number of nitrogens with zero attached hydrogens (tertiary/aromatic N) is 2. The van der Waals surface area contributed by atoms with Gasteiger partial charge in [-0.2, -0.15) is 0 Å². The average Bonchev–Trinajstić information content (AvgIpc) is 2.91. The first kappa shape index (κ1) is 22.8. The summed E-state index contributed by atoms with van der Waals surface area (Å²) in [6.45, 7) is 5.27. The standard InChI is InChI=1S/C22H22Br2N2O3S/c1-4-26-21(27)18(25(3)22(26)30)11-15-10-17(24)20(19(12-15)28-5-2)29-13-14-6-8-16(23)9-7-14/h6-12H,4-5,13H2,1-3H3/b18-11-. The molecule has 1 amide bonds. The molecule has 3 rings (SSSR count). The van der Waals surface area contributed by atoms with Crippen LogP contribution < -0.4 is 9.47 Å². The van der Waals surface area contributed by atoms with Crippen molar-refractivity contribution in [2.45, 2.75) is 20.5 Å². The van der Waals surface area contributed by atoms with Gasteiger partial charge in [-0.25, -0.2) is 0 Å². The lowest BCUT2D eigenvalue weighted by molar-refractivity contribution is -0.122. The first-order chi connectivity index (χ1) is 14.3. The summed E-state index contributed by atoms with van der Waals surface area (Å²) in [6, 6.07) is 11.7. The third-order valence-electron chi connectivity index (χ3n) is 4.59. The van der Waals surface area contributed by atoms with Crippen LogP contribution >= 0.6 is 44.1 Å². The van der Waals surface area contributed by atoms with Crippen molar-refractivity contribution in [3.05, 3.63) is 62.2 Å². The van der Waals surface area contributed by atoms with E-state index in [0.29, 0.717) is 42.1 Å². The number of hydrogen-bond acceptors (Lipinski definition) is 4. The maximum absolute atomic E-state index is 12.7. The van der Waals surface area contributed by atoms with E-state index in [0.717, 1.165) is 20.1 Å². The number of ether oxygens (including phenoxy) is 2. The summed E-state index contributed by atoms with van der Waals surface area (Å²) < 4.78 is 13.6. The van der Waals surface area contributed by atoms with Crippen molar-refractivity contribution >= 4 is 61.2 Å². The lowest BCUT2D eigenvalue weighted by Gasteiger charge is -2.15. The Morgan fingerprint density at radius 3 is 2.40 bits per heavy atom. The highest BCUT2D eigenvalue weighted by molar-refractivity contribution is 9.10. The molecule has 158 valence electrons. The molecule has 2 aromatic carbocycles. The number of hydrogen-bond donors (Lipinski definition) is 0. The zero-order valence-electron chi connectivity index (χ0n) is 16.9. The van der Waals surface area contributed by atoms with E-state index in [9.17, 15) is 4.79 Å². The molecule has 0 spiro atoms. The Morgan fingerprint density at radius 1 is 1.10 bits per heavy atom. The maximum atomic E-state index is 12.7. The monoisotopic (exact) mass is 552 g/mol. The van der Waals surface area contributed by atoms with Crippen LogP contribution in [0.2, 0.25) is 0 Å². The van der Waals surface area contributed by atoms with Gasteiger partial charge in [0.15, 0.2) is 16.6 Å². The second kappa shape index (κ2) is 9.94. The molecule has 5 nitrogen and oxygen atoms in total. The minimum absolute atomic E-state index is 0.102. The van der Waals surface area contributed by atoms with Gasteiger partial charge in [0.1, 0.15) is 12.3 Å². The third kappa shape index (κ3) is 4.87. The highest BCUT2D eigenvalue weighted by Gasteiger charge is 2.34. The van der Waals surface area contributed by atoms with Gasteiger partial charge in [0, 0.05) is 18.1 Å². The average molecular weight is 554 g/mol. The van der Waals surface area contributed by atoms with Gasteiger partial charge in [0.25, 0.3) is 5.91 Å². The van der Waals surface area contributed by atoms with Gasteiger partial charge in [-0.3, -0.25) is 9.69 Å². The zero-order chi connectivity index (χ0) is 21.8. The number of carbonyl (C=O) groups excluding carboxylic acids is 1. The molecule has 0 aliphatic carbocycles. The van der Waals surface area contributed by atoms with Crippen LogP contribution in [0.3, 0.4) is 0 Å². The van der Waals surface area contributed by atoms with Gasteiger partial charge >= 0.3 is 0 Å². The molecular formula is C22H22Br2N2O3S. The number of likely N-dealkylation sites (N-methyl/N-ethyl adjacent to an activating group) is 2. The SMILES string of the molecule is CCOc1cc(/C=C2/C(=O)N(CC)C(=S)N2C)cc(Br)c1OCc1ccc(Br)cc1. The van der Waals surface area contributed by atoms with E-state index in [2.05, 4.69) is 31.9 Å². The Morgan fingerprint density at radius 2 is 1.80 bits per heavy atom. The minimum Gasteiger partial charge on any atom is -0.490 e. The quantitative estimate of drug-likeness (QED) is 0.329. The van der Waals surface area contributed by atoms with Crippen LogP contribution in [0, 0.1) is 0 Å². The molecule has 0 saturated carbocycles. The summed E-state index contributed by atoms with van der Waals surface area (Å²) in [4.78, 5) is 16.0. The Kier molecular flexibility index (Phi) is 7.55. The first-order valence-corrected chi connectivity index (χ1v) is 11.5. The van der Waals surface area contributed by atoms with Crippen LogP contribution in [-0.2, 0) is 11.4 Å². The van der Waals surface area contributed by atoms with E-state index in [4.69, 9.17) is 21.7 Å². The third-order valence-corrected chi connectivity index (χ3v) is 6.20. The molecule has 1 fully saturated rings. The number of carbonyl (C=O) groups is 1. The molecule has 0 atom stereocenters. The molecule has 1 heterocycles. The molecule has 30 heavy (non-hydrogen) atoms. The van der Waals surface area contributed by atoms with Gasteiger partial charge in [0.2, 0.25) is 0 Å². The van der Waals surface area contributed by atoms with Crippen LogP contribution in [0.1, 0.15) is 25.0 Å². The zero-order valence-corrected chi connectivity index (χ0v) is 20.9. The van der Waals surface area contributed by atoms with E-state index in [1.807, 2.05) is 56.3 Å². The molecule has 0 unspecified atom stereocenters. The van der Waals surface area contributed by atoms with Crippen molar-refractivity contribution in [3.8, 4) is 11.5 Å². The van der Waals surface area contributed by atoms with Crippen LogP contribution in [0.4, 0.5) is 0 Å². The topological polar surface area (TPSA) is 42.0 Å². The maximum Gasteiger partial charge on any atom is 0.276 e. The second-order valence-electron chi connectivity index (χ2n) is 6.60. The predicted molar refractivity (Wildman–Crippen MR) is 130 cm³/mol. The summed E-state index contributed by atoms with van der Waals surface area (Å²) in [5.41, 5.74) is 2.39. The molecule has 0 N–H and O–H groups in total. The Hall–Kier alpha value is -1.90. The summed E-state index contributed by atoms with van der Waals surface area (Å²) in [6.07, 6.45) is 1.82.